The van der Waals surface area contributed by atoms with Crippen molar-refractivity contribution in [1.29, 1.82) is 0 Å². The molecule has 70 valence electrons. The number of hydrogen-bond donors (Lipinski definition) is 1. The molecule has 1 N–H and O–H groups in total. The molecule has 0 amide bonds. The van der Waals surface area contributed by atoms with Crippen molar-refractivity contribution in [3.63, 3.8) is 0 Å². The van der Waals surface area contributed by atoms with Crippen LogP contribution >= 0.6 is 0 Å². The third-order valence-corrected chi connectivity index (χ3v) is 2.56. The van der Waals surface area contributed by atoms with Crippen LogP contribution in [0.4, 0.5) is 0 Å². The van der Waals surface area contributed by atoms with Crippen LogP contribution in [0.1, 0.15) is 16.8 Å². The van der Waals surface area contributed by atoms with Gasteiger partial charge in [-0.3, -0.25) is 4.79 Å². The van der Waals surface area contributed by atoms with Crippen molar-refractivity contribution in [2.45, 2.75) is 6.42 Å². The number of aromatic nitrogens is 1. The minimum atomic E-state index is 0.169. The second-order valence-corrected chi connectivity index (χ2v) is 3.41. The van der Waals surface area contributed by atoms with Gasteiger partial charge in [0.25, 0.3) is 0 Å². The van der Waals surface area contributed by atoms with Gasteiger partial charge in [0, 0.05) is 18.0 Å². The maximum absolute atomic E-state index is 11.6. The molecule has 0 saturated heterocycles. The highest BCUT2D eigenvalue weighted by atomic mass is 16.5. The fourth-order valence-corrected chi connectivity index (χ4v) is 1.85. The van der Waals surface area contributed by atoms with Crippen LogP contribution in [0.15, 0.2) is 24.4 Å². The van der Waals surface area contributed by atoms with E-state index >= 15 is 0 Å². The van der Waals surface area contributed by atoms with Crippen LogP contribution in [-0.4, -0.2) is 17.4 Å². The summed E-state index contributed by atoms with van der Waals surface area (Å²) in [4.78, 5) is 14.6. The summed E-state index contributed by atoms with van der Waals surface area (Å²) in [7, 11) is 0. The molecule has 0 unspecified atom stereocenters. The molecule has 3 rings (SSSR count). The van der Waals surface area contributed by atoms with E-state index in [4.69, 9.17) is 4.74 Å². The lowest BCUT2D eigenvalue weighted by Gasteiger charge is -2.16. The van der Waals surface area contributed by atoms with Crippen molar-refractivity contribution < 1.29 is 9.53 Å². The maximum Gasteiger partial charge on any atom is 0.170 e. The average molecular weight is 187 g/mol. The van der Waals surface area contributed by atoms with E-state index in [9.17, 15) is 4.79 Å². The molecule has 3 nitrogen and oxygen atoms in total. The summed E-state index contributed by atoms with van der Waals surface area (Å²) in [5.41, 5.74) is 1.63. The van der Waals surface area contributed by atoms with E-state index in [1.54, 1.807) is 0 Å². The zero-order valence-corrected chi connectivity index (χ0v) is 7.54. The number of carbonyl (C=O) groups excluding carboxylic acids is 1. The van der Waals surface area contributed by atoms with Gasteiger partial charge in [-0.15, -0.1) is 0 Å². The summed E-state index contributed by atoms with van der Waals surface area (Å²) in [5, 5.41) is 1.08. The van der Waals surface area contributed by atoms with Crippen LogP contribution < -0.4 is 4.74 Å². The fraction of sp³-hybridized carbons (Fsp3) is 0.182. The first-order valence-corrected chi connectivity index (χ1v) is 4.62. The van der Waals surface area contributed by atoms with Gasteiger partial charge in [-0.05, 0) is 12.1 Å². The highest BCUT2D eigenvalue weighted by Gasteiger charge is 2.20. The molecule has 1 aromatic carbocycles. The van der Waals surface area contributed by atoms with E-state index < -0.39 is 0 Å². The van der Waals surface area contributed by atoms with Crippen LogP contribution in [0.3, 0.4) is 0 Å². The van der Waals surface area contributed by atoms with Crippen molar-refractivity contribution >= 4 is 16.7 Å². The van der Waals surface area contributed by atoms with Crippen molar-refractivity contribution in [2.24, 2.45) is 0 Å². The summed E-state index contributed by atoms with van der Waals surface area (Å²) in [5.74, 6) is 0.881. The number of aromatic amines is 1. The first kappa shape index (κ1) is 7.62. The van der Waals surface area contributed by atoms with Crippen molar-refractivity contribution in [3.8, 4) is 5.75 Å². The van der Waals surface area contributed by atoms with E-state index in [1.165, 1.54) is 0 Å². The van der Waals surface area contributed by atoms with Gasteiger partial charge in [0.2, 0.25) is 0 Å². The standard InChI is InChI=1S/C11H9NO2/c13-9-4-6-14-11-8(9)2-1-7-3-5-12-10(7)11/h1-3,5,12H,4,6H2. The fourth-order valence-electron chi connectivity index (χ4n) is 1.85. The minimum absolute atomic E-state index is 0.169. The van der Waals surface area contributed by atoms with Gasteiger partial charge in [-0.2, -0.15) is 0 Å². The van der Waals surface area contributed by atoms with Crippen molar-refractivity contribution in [1.82, 2.24) is 4.98 Å². The lowest BCUT2D eigenvalue weighted by atomic mass is 10.0. The topological polar surface area (TPSA) is 42.1 Å². The molecule has 0 bridgehead atoms. The van der Waals surface area contributed by atoms with Crippen LogP contribution in [-0.2, 0) is 0 Å². The van der Waals surface area contributed by atoms with Crippen LogP contribution in [0, 0.1) is 0 Å². The smallest absolute Gasteiger partial charge is 0.170 e. The van der Waals surface area contributed by atoms with E-state index in [-0.39, 0.29) is 5.78 Å². The monoisotopic (exact) mass is 187 g/mol. The van der Waals surface area contributed by atoms with Gasteiger partial charge >= 0.3 is 0 Å². The first-order valence-electron chi connectivity index (χ1n) is 4.62. The van der Waals surface area contributed by atoms with E-state index in [0.29, 0.717) is 24.3 Å². The summed E-state index contributed by atoms with van der Waals surface area (Å²) >= 11 is 0. The number of nitrogens with one attached hydrogen (secondary N) is 1. The molecule has 0 spiro atoms. The summed E-state index contributed by atoms with van der Waals surface area (Å²) < 4.78 is 5.51. The lowest BCUT2D eigenvalue weighted by Crippen LogP contribution is -2.15. The highest BCUT2D eigenvalue weighted by Crippen LogP contribution is 2.32. The zero-order valence-electron chi connectivity index (χ0n) is 7.54. The Bertz CT molecular complexity index is 513. The Balaban J connectivity index is 2.38. The Hall–Kier alpha value is -1.77. The molecule has 1 aromatic heterocycles. The molecule has 0 radical (unpaired) electrons. The number of ether oxygens (including phenoxy) is 1. The van der Waals surface area contributed by atoms with Crippen LogP contribution in [0.2, 0.25) is 0 Å². The number of carbonyl (C=O) groups is 1. The second kappa shape index (κ2) is 2.61. The van der Waals surface area contributed by atoms with E-state index in [0.717, 1.165) is 10.9 Å². The molecule has 3 heteroatoms. The number of ketones is 1. The number of rotatable bonds is 0. The first-order chi connectivity index (χ1) is 6.86. The molecule has 2 heterocycles. The van der Waals surface area contributed by atoms with Crippen molar-refractivity contribution in [2.75, 3.05) is 6.61 Å². The van der Waals surface area contributed by atoms with Crippen LogP contribution in [0.25, 0.3) is 10.9 Å². The maximum atomic E-state index is 11.6. The average Bonchev–Trinajstić information content (AvgIpc) is 2.66. The summed E-state index contributed by atoms with van der Waals surface area (Å²) in [6.07, 6.45) is 2.34. The number of Topliss-reactive ketones (excluding diaryl/α,β-unsaturated/α-hetero) is 1. The molecule has 0 aliphatic carbocycles. The Kier molecular flexibility index (Phi) is 1.42. The highest BCUT2D eigenvalue weighted by molar-refractivity contribution is 6.04. The van der Waals surface area contributed by atoms with Gasteiger partial charge < -0.3 is 9.72 Å². The second-order valence-electron chi connectivity index (χ2n) is 3.41. The Morgan fingerprint density at radius 1 is 1.29 bits per heavy atom. The molecule has 0 fully saturated rings. The number of fused-ring (bicyclic) bond motifs is 3. The van der Waals surface area contributed by atoms with Gasteiger partial charge in [0.1, 0.15) is 0 Å². The number of hydrogen-bond acceptors (Lipinski definition) is 2. The molecule has 2 aromatic rings. The SMILES string of the molecule is O=C1CCOc2c1ccc1cc[nH]c21. The molecule has 0 saturated carbocycles. The molecule has 0 atom stereocenters. The Morgan fingerprint density at radius 3 is 3.14 bits per heavy atom. The Morgan fingerprint density at radius 2 is 2.21 bits per heavy atom. The van der Waals surface area contributed by atoms with Gasteiger partial charge in [-0.1, -0.05) is 6.07 Å². The van der Waals surface area contributed by atoms with E-state index in [1.807, 2.05) is 24.4 Å². The van der Waals surface area contributed by atoms with E-state index in [2.05, 4.69) is 4.98 Å². The van der Waals surface area contributed by atoms with Crippen molar-refractivity contribution in [3.05, 3.63) is 30.0 Å². The van der Waals surface area contributed by atoms with Gasteiger partial charge in [-0.25, -0.2) is 0 Å². The summed E-state index contributed by atoms with van der Waals surface area (Å²) in [6.45, 7) is 0.490. The largest absolute Gasteiger partial charge is 0.490 e. The molecule has 14 heavy (non-hydrogen) atoms. The summed E-state index contributed by atoms with van der Waals surface area (Å²) in [6, 6.07) is 5.75. The van der Waals surface area contributed by atoms with Gasteiger partial charge in [0.15, 0.2) is 11.5 Å². The third-order valence-electron chi connectivity index (χ3n) is 2.56. The quantitative estimate of drug-likeness (QED) is 0.686. The lowest BCUT2D eigenvalue weighted by molar-refractivity contribution is 0.0934. The zero-order chi connectivity index (χ0) is 9.54. The molecule has 1 aliphatic rings. The predicted octanol–water partition coefficient (Wildman–Crippen LogP) is 2.13. The van der Waals surface area contributed by atoms with Gasteiger partial charge in [0.05, 0.1) is 17.7 Å². The number of benzene rings is 1. The Labute approximate surface area is 80.7 Å². The molecular weight excluding hydrogens is 178 g/mol. The molecule has 1 aliphatic heterocycles. The minimum Gasteiger partial charge on any atom is -0.490 e. The predicted molar refractivity (Wildman–Crippen MR) is 52.7 cm³/mol. The third kappa shape index (κ3) is 0.894. The number of H-pyrrole nitrogens is 1. The molecular formula is C11H9NO2. The normalized spacial score (nSPS) is 15.3. The van der Waals surface area contributed by atoms with Crippen LogP contribution in [0.5, 0.6) is 5.75 Å².